The Labute approximate surface area is 111 Å². The predicted molar refractivity (Wildman–Crippen MR) is 69.6 cm³/mol. The van der Waals surface area contributed by atoms with E-state index in [9.17, 15) is 4.39 Å². The number of benzene rings is 1. The van der Waals surface area contributed by atoms with Gasteiger partial charge in [0.1, 0.15) is 0 Å². The van der Waals surface area contributed by atoms with Crippen LogP contribution in [0.3, 0.4) is 0 Å². The smallest absolute Gasteiger partial charge is 0.162 e. The molecule has 0 N–H and O–H groups in total. The van der Waals surface area contributed by atoms with Crippen molar-refractivity contribution in [3.05, 3.63) is 47.5 Å². The van der Waals surface area contributed by atoms with Crippen molar-refractivity contribution in [3.63, 3.8) is 0 Å². The molecule has 2 heterocycles. The summed E-state index contributed by atoms with van der Waals surface area (Å²) in [5, 5.41) is 4.58. The molecule has 4 atom stereocenters. The summed E-state index contributed by atoms with van der Waals surface area (Å²) in [5.74, 6) is 2.45. The van der Waals surface area contributed by atoms with Crippen LogP contribution in [0.25, 0.3) is 0 Å². The van der Waals surface area contributed by atoms with Crippen molar-refractivity contribution < 1.29 is 4.39 Å². The van der Waals surface area contributed by atoms with E-state index in [-0.39, 0.29) is 6.04 Å². The molecule has 4 rings (SSSR count). The highest BCUT2D eigenvalue weighted by Crippen LogP contribution is 2.47. The van der Waals surface area contributed by atoms with E-state index in [1.54, 1.807) is 4.68 Å². The van der Waals surface area contributed by atoms with E-state index in [1.807, 2.05) is 30.3 Å². The molecule has 1 aliphatic heterocycles. The molecule has 0 amide bonds. The Morgan fingerprint density at radius 1 is 1.21 bits per heavy atom. The summed E-state index contributed by atoms with van der Waals surface area (Å²) in [5.41, 5.74) is 1.11. The van der Waals surface area contributed by atoms with Gasteiger partial charge in [-0.2, -0.15) is 5.10 Å². The maximum absolute atomic E-state index is 14.1. The number of halogens is 1. The third-order valence-corrected chi connectivity index (χ3v) is 4.31. The molecule has 1 fully saturated rings. The fraction of sp³-hybridized carbons (Fsp3) is 0.467. The number of hydrogen-bond acceptors (Lipinski definition) is 2. The molecule has 1 saturated carbocycles. The summed E-state index contributed by atoms with van der Waals surface area (Å²) in [6.45, 7) is 2.19. The maximum atomic E-state index is 14.1. The number of rotatable bonds is 2. The minimum atomic E-state index is -0.986. The standard InChI is InChI=1S/C15H16FN3/c1-9-7-11(9)14-17-15-12(16)8-13(19(15)18-14)10-5-3-2-4-6-10/h2-6,9,11-13H,7-8H2,1H3/t9-,11-,12-,13-/m0/s1. The van der Waals surface area contributed by atoms with Gasteiger partial charge < -0.3 is 0 Å². The lowest BCUT2D eigenvalue weighted by Crippen LogP contribution is -2.07. The van der Waals surface area contributed by atoms with E-state index in [1.165, 1.54) is 0 Å². The van der Waals surface area contributed by atoms with Gasteiger partial charge in [0, 0.05) is 12.3 Å². The molecule has 98 valence electrons. The number of nitrogens with zero attached hydrogens (tertiary/aromatic N) is 3. The molecule has 3 nitrogen and oxygen atoms in total. The van der Waals surface area contributed by atoms with Gasteiger partial charge in [-0.1, -0.05) is 37.3 Å². The van der Waals surface area contributed by atoms with Gasteiger partial charge in [-0.25, -0.2) is 14.1 Å². The van der Waals surface area contributed by atoms with E-state index in [2.05, 4.69) is 17.0 Å². The molecule has 0 unspecified atom stereocenters. The largest absolute Gasteiger partial charge is 0.239 e. The van der Waals surface area contributed by atoms with E-state index in [0.717, 1.165) is 17.8 Å². The van der Waals surface area contributed by atoms with E-state index in [4.69, 9.17) is 0 Å². The Morgan fingerprint density at radius 3 is 2.63 bits per heavy atom. The van der Waals surface area contributed by atoms with Gasteiger partial charge in [0.05, 0.1) is 6.04 Å². The zero-order valence-electron chi connectivity index (χ0n) is 10.8. The molecule has 2 aromatic rings. The van der Waals surface area contributed by atoms with E-state index < -0.39 is 6.17 Å². The molecule has 0 saturated heterocycles. The van der Waals surface area contributed by atoms with Crippen molar-refractivity contribution in [1.29, 1.82) is 0 Å². The summed E-state index contributed by atoms with van der Waals surface area (Å²) in [6.07, 6.45) is 0.608. The van der Waals surface area contributed by atoms with E-state index in [0.29, 0.717) is 24.1 Å². The molecule has 0 radical (unpaired) electrons. The lowest BCUT2D eigenvalue weighted by Gasteiger charge is -2.11. The third-order valence-electron chi connectivity index (χ3n) is 4.31. The number of aromatic nitrogens is 3. The second-order valence-electron chi connectivity index (χ2n) is 5.72. The average molecular weight is 257 g/mol. The van der Waals surface area contributed by atoms with Crippen molar-refractivity contribution in [2.75, 3.05) is 0 Å². The molecule has 1 aliphatic carbocycles. The fourth-order valence-corrected chi connectivity index (χ4v) is 2.99. The van der Waals surface area contributed by atoms with Crippen LogP contribution in [0.2, 0.25) is 0 Å². The van der Waals surface area contributed by atoms with Crippen LogP contribution in [0.4, 0.5) is 4.39 Å². The highest BCUT2D eigenvalue weighted by molar-refractivity contribution is 5.24. The highest BCUT2D eigenvalue weighted by atomic mass is 19.1. The first-order valence-electron chi connectivity index (χ1n) is 6.89. The van der Waals surface area contributed by atoms with Crippen LogP contribution in [-0.4, -0.2) is 14.8 Å². The summed E-state index contributed by atoms with van der Waals surface area (Å²) in [4.78, 5) is 4.44. The molecule has 1 aromatic carbocycles. The molecule has 19 heavy (non-hydrogen) atoms. The van der Waals surface area contributed by atoms with Crippen LogP contribution >= 0.6 is 0 Å². The van der Waals surface area contributed by atoms with Crippen LogP contribution in [0, 0.1) is 5.92 Å². The molecule has 0 spiro atoms. The van der Waals surface area contributed by atoms with Crippen molar-refractivity contribution in [1.82, 2.24) is 14.8 Å². The first-order valence-corrected chi connectivity index (χ1v) is 6.89. The van der Waals surface area contributed by atoms with Crippen molar-refractivity contribution in [2.24, 2.45) is 5.92 Å². The minimum Gasteiger partial charge on any atom is -0.239 e. The lowest BCUT2D eigenvalue weighted by atomic mass is 10.0. The van der Waals surface area contributed by atoms with Crippen molar-refractivity contribution >= 4 is 0 Å². The molecular weight excluding hydrogens is 241 g/mol. The second kappa shape index (κ2) is 3.89. The van der Waals surface area contributed by atoms with Gasteiger partial charge in [0.25, 0.3) is 0 Å². The number of alkyl halides is 1. The Morgan fingerprint density at radius 2 is 1.95 bits per heavy atom. The van der Waals surface area contributed by atoms with Gasteiger partial charge in [-0.3, -0.25) is 0 Å². The Bertz CT molecular complexity index is 607. The lowest BCUT2D eigenvalue weighted by molar-refractivity contribution is 0.328. The van der Waals surface area contributed by atoms with Gasteiger partial charge in [0.15, 0.2) is 17.8 Å². The van der Waals surface area contributed by atoms with Gasteiger partial charge in [0.2, 0.25) is 0 Å². The molecule has 4 heteroatoms. The van der Waals surface area contributed by atoms with E-state index >= 15 is 0 Å². The maximum Gasteiger partial charge on any atom is 0.162 e. The Hall–Kier alpha value is -1.71. The predicted octanol–water partition coefficient (Wildman–Crippen LogP) is 3.41. The summed E-state index contributed by atoms with van der Waals surface area (Å²) in [7, 11) is 0. The monoisotopic (exact) mass is 257 g/mol. The zero-order valence-corrected chi connectivity index (χ0v) is 10.8. The normalized spacial score (nSPS) is 32.3. The zero-order chi connectivity index (χ0) is 13.0. The minimum absolute atomic E-state index is 0.00139. The summed E-state index contributed by atoms with van der Waals surface area (Å²) >= 11 is 0. The summed E-state index contributed by atoms with van der Waals surface area (Å²) < 4.78 is 15.9. The van der Waals surface area contributed by atoms with Gasteiger partial charge >= 0.3 is 0 Å². The number of fused-ring (bicyclic) bond motifs is 1. The topological polar surface area (TPSA) is 30.7 Å². The van der Waals surface area contributed by atoms with Crippen molar-refractivity contribution in [3.8, 4) is 0 Å². The molecule has 2 aliphatic rings. The van der Waals surface area contributed by atoms with Crippen LogP contribution in [0.5, 0.6) is 0 Å². The van der Waals surface area contributed by atoms with Gasteiger partial charge in [-0.05, 0) is 17.9 Å². The van der Waals surface area contributed by atoms with Crippen molar-refractivity contribution in [2.45, 2.75) is 37.9 Å². The Kier molecular flexibility index (Phi) is 2.28. The van der Waals surface area contributed by atoms with Crippen LogP contribution in [0.15, 0.2) is 30.3 Å². The molecule has 0 bridgehead atoms. The molecule has 1 aromatic heterocycles. The SMILES string of the molecule is C[C@H]1C[C@@H]1c1nc2n(n1)[C@H](c1ccccc1)C[C@@H]2F. The average Bonchev–Trinajstić information content (AvgIpc) is 2.87. The number of hydrogen-bond donors (Lipinski definition) is 0. The quantitative estimate of drug-likeness (QED) is 0.825. The first-order chi connectivity index (χ1) is 9.24. The van der Waals surface area contributed by atoms with Gasteiger partial charge in [-0.15, -0.1) is 0 Å². The first kappa shape index (κ1) is 11.1. The Balaban J connectivity index is 1.73. The van der Waals surface area contributed by atoms with Crippen LogP contribution in [0.1, 0.15) is 55.1 Å². The third kappa shape index (κ3) is 1.70. The fourth-order valence-electron chi connectivity index (χ4n) is 2.99. The second-order valence-corrected chi connectivity index (χ2v) is 5.72. The summed E-state index contributed by atoms with van der Waals surface area (Å²) in [6, 6.07) is 10.0. The van der Waals surface area contributed by atoms with Crippen LogP contribution < -0.4 is 0 Å². The highest BCUT2D eigenvalue weighted by Gasteiger charge is 2.41. The van der Waals surface area contributed by atoms with Crippen LogP contribution in [-0.2, 0) is 0 Å². The molecular formula is C15H16FN3.